The van der Waals surface area contributed by atoms with Crippen LogP contribution in [0.3, 0.4) is 0 Å². The van der Waals surface area contributed by atoms with Gasteiger partial charge >= 0.3 is 6.03 Å². The Hall–Kier alpha value is -1.43. The zero-order valence-electron chi connectivity index (χ0n) is 9.96. The van der Waals surface area contributed by atoms with Gasteiger partial charge in [-0.05, 0) is 40.5 Å². The van der Waals surface area contributed by atoms with Gasteiger partial charge in [0.15, 0.2) is 0 Å². The van der Waals surface area contributed by atoms with E-state index in [9.17, 15) is 14.0 Å². The maximum atomic E-state index is 13.5. The van der Waals surface area contributed by atoms with Crippen molar-refractivity contribution in [2.75, 3.05) is 11.4 Å². The molecule has 18 heavy (non-hydrogen) atoms. The number of nitrogens with zero attached hydrogens (tertiary/aromatic N) is 1. The molecule has 0 radical (unpaired) electrons. The van der Waals surface area contributed by atoms with Crippen molar-refractivity contribution >= 4 is 33.6 Å². The molecule has 1 atom stereocenters. The summed E-state index contributed by atoms with van der Waals surface area (Å²) < 4.78 is 13.9. The lowest BCUT2D eigenvalue weighted by Crippen LogP contribution is -2.54. The van der Waals surface area contributed by atoms with Crippen LogP contribution in [0.4, 0.5) is 14.9 Å². The number of hydrogen-bond acceptors (Lipinski definition) is 2. The molecule has 1 aliphatic heterocycles. The molecule has 0 bridgehead atoms. The highest BCUT2D eigenvalue weighted by Gasteiger charge is 2.31. The molecule has 1 aromatic rings. The number of amides is 3. The molecule has 1 aromatic carbocycles. The minimum Gasteiger partial charge on any atom is -0.293 e. The lowest BCUT2D eigenvalue weighted by atomic mass is 10.1. The van der Waals surface area contributed by atoms with Crippen LogP contribution in [-0.4, -0.2) is 18.5 Å². The number of urea groups is 1. The Morgan fingerprint density at radius 3 is 2.78 bits per heavy atom. The Morgan fingerprint density at radius 1 is 1.44 bits per heavy atom. The van der Waals surface area contributed by atoms with Crippen LogP contribution in [0.2, 0.25) is 0 Å². The van der Waals surface area contributed by atoms with Crippen LogP contribution < -0.4 is 10.2 Å². The summed E-state index contributed by atoms with van der Waals surface area (Å²) in [6.45, 7) is 3.76. The lowest BCUT2D eigenvalue weighted by molar-refractivity contribution is -0.123. The van der Waals surface area contributed by atoms with E-state index in [1.807, 2.05) is 0 Å². The Labute approximate surface area is 112 Å². The highest BCUT2D eigenvalue weighted by molar-refractivity contribution is 9.10. The van der Waals surface area contributed by atoms with Crippen molar-refractivity contribution < 1.29 is 14.0 Å². The van der Waals surface area contributed by atoms with Gasteiger partial charge in [-0.2, -0.15) is 0 Å². The summed E-state index contributed by atoms with van der Waals surface area (Å²) in [4.78, 5) is 24.5. The number of rotatable bonds is 1. The number of carbonyl (C=O) groups is 2. The van der Waals surface area contributed by atoms with Crippen molar-refractivity contribution in [1.29, 1.82) is 0 Å². The summed E-state index contributed by atoms with van der Waals surface area (Å²) >= 11 is 3.09. The normalized spacial score (nSPS) is 20.0. The minimum absolute atomic E-state index is 0.257. The summed E-state index contributed by atoms with van der Waals surface area (Å²) in [5.74, 6) is -1.05. The molecule has 0 aromatic heterocycles. The van der Waals surface area contributed by atoms with Gasteiger partial charge in [0.2, 0.25) is 5.91 Å². The van der Waals surface area contributed by atoms with Gasteiger partial charge in [-0.1, -0.05) is 6.92 Å². The molecule has 1 unspecified atom stereocenters. The molecule has 0 saturated carbocycles. The van der Waals surface area contributed by atoms with Gasteiger partial charge in [-0.25, -0.2) is 9.18 Å². The average Bonchev–Trinajstić information content (AvgIpc) is 2.29. The number of imide groups is 1. The summed E-state index contributed by atoms with van der Waals surface area (Å²) in [6, 6.07) is 2.39. The van der Waals surface area contributed by atoms with E-state index < -0.39 is 11.8 Å². The number of hydrogen-bond donors (Lipinski definition) is 1. The largest absolute Gasteiger partial charge is 0.328 e. The zero-order valence-corrected chi connectivity index (χ0v) is 11.5. The van der Waals surface area contributed by atoms with Gasteiger partial charge in [-0.15, -0.1) is 0 Å². The fourth-order valence-electron chi connectivity index (χ4n) is 1.87. The van der Waals surface area contributed by atoms with Crippen LogP contribution >= 0.6 is 15.9 Å². The van der Waals surface area contributed by atoms with E-state index in [4.69, 9.17) is 0 Å². The summed E-state index contributed by atoms with van der Waals surface area (Å²) in [7, 11) is 0. The van der Waals surface area contributed by atoms with E-state index in [0.717, 1.165) is 5.56 Å². The number of anilines is 1. The summed E-state index contributed by atoms with van der Waals surface area (Å²) in [6.07, 6.45) is 0. The molecular weight excluding hydrogens is 303 g/mol. The van der Waals surface area contributed by atoms with Crippen LogP contribution in [0.1, 0.15) is 12.5 Å². The van der Waals surface area contributed by atoms with Crippen LogP contribution in [0.15, 0.2) is 16.6 Å². The number of halogens is 2. The van der Waals surface area contributed by atoms with Gasteiger partial charge in [0.1, 0.15) is 5.82 Å². The fraction of sp³-hybridized carbons (Fsp3) is 0.333. The maximum Gasteiger partial charge on any atom is 0.328 e. The highest BCUT2D eigenvalue weighted by atomic mass is 79.9. The molecule has 3 amide bonds. The maximum absolute atomic E-state index is 13.5. The summed E-state index contributed by atoms with van der Waals surface area (Å²) in [5.41, 5.74) is 1.24. The Kier molecular flexibility index (Phi) is 3.38. The third-order valence-corrected chi connectivity index (χ3v) is 3.52. The molecule has 6 heteroatoms. The molecule has 0 spiro atoms. The zero-order chi connectivity index (χ0) is 13.4. The number of aryl methyl sites for hydroxylation is 1. The summed E-state index contributed by atoms with van der Waals surface area (Å²) in [5, 5.41) is 2.25. The minimum atomic E-state index is -0.511. The standard InChI is InChI=1S/C12H12BrFN2O2/c1-6-3-8(13)9(14)4-10(6)16-5-7(2)11(17)15-12(16)18/h3-4,7H,5H2,1-2H3,(H,15,17,18). The van der Waals surface area contributed by atoms with Crippen LogP contribution in [0.25, 0.3) is 0 Å². The molecular formula is C12H12BrFN2O2. The molecule has 96 valence electrons. The SMILES string of the molecule is Cc1cc(Br)c(F)cc1N1CC(C)C(=O)NC1=O. The Balaban J connectivity index is 2.39. The third-order valence-electron chi connectivity index (χ3n) is 2.91. The molecule has 1 fully saturated rings. The van der Waals surface area contributed by atoms with E-state index in [0.29, 0.717) is 10.2 Å². The predicted octanol–water partition coefficient (Wildman–Crippen LogP) is 2.59. The van der Waals surface area contributed by atoms with Crippen LogP contribution in [0.5, 0.6) is 0 Å². The van der Waals surface area contributed by atoms with E-state index in [2.05, 4.69) is 21.2 Å². The monoisotopic (exact) mass is 314 g/mol. The smallest absolute Gasteiger partial charge is 0.293 e. The van der Waals surface area contributed by atoms with Gasteiger partial charge in [0.25, 0.3) is 0 Å². The Morgan fingerprint density at radius 2 is 2.11 bits per heavy atom. The molecule has 4 nitrogen and oxygen atoms in total. The van der Waals surface area contributed by atoms with Crippen molar-refractivity contribution in [1.82, 2.24) is 5.32 Å². The Bertz CT molecular complexity index is 533. The van der Waals surface area contributed by atoms with E-state index >= 15 is 0 Å². The molecule has 1 heterocycles. The van der Waals surface area contributed by atoms with Gasteiger partial charge in [0, 0.05) is 6.54 Å². The van der Waals surface area contributed by atoms with Crippen molar-refractivity contribution in [3.05, 3.63) is 28.0 Å². The molecule has 1 saturated heterocycles. The lowest BCUT2D eigenvalue weighted by Gasteiger charge is -2.31. The van der Waals surface area contributed by atoms with Crippen molar-refractivity contribution in [2.24, 2.45) is 5.92 Å². The topological polar surface area (TPSA) is 49.4 Å². The second kappa shape index (κ2) is 4.68. The average molecular weight is 315 g/mol. The van der Waals surface area contributed by atoms with Crippen molar-refractivity contribution in [3.63, 3.8) is 0 Å². The molecule has 0 aliphatic carbocycles. The van der Waals surface area contributed by atoms with E-state index in [-0.39, 0.29) is 18.4 Å². The van der Waals surface area contributed by atoms with Gasteiger partial charge in [0.05, 0.1) is 16.1 Å². The van der Waals surface area contributed by atoms with Crippen LogP contribution in [0, 0.1) is 18.7 Å². The van der Waals surface area contributed by atoms with E-state index in [1.165, 1.54) is 11.0 Å². The second-order valence-corrected chi connectivity index (χ2v) is 5.21. The number of benzene rings is 1. The highest BCUT2D eigenvalue weighted by Crippen LogP contribution is 2.28. The molecule has 2 rings (SSSR count). The van der Waals surface area contributed by atoms with Gasteiger partial charge < -0.3 is 0 Å². The van der Waals surface area contributed by atoms with Crippen LogP contribution in [-0.2, 0) is 4.79 Å². The van der Waals surface area contributed by atoms with Crippen molar-refractivity contribution in [2.45, 2.75) is 13.8 Å². The van der Waals surface area contributed by atoms with Crippen molar-refractivity contribution in [3.8, 4) is 0 Å². The quantitative estimate of drug-likeness (QED) is 0.866. The first-order valence-corrected chi connectivity index (χ1v) is 6.27. The molecule has 1 aliphatic rings. The first-order chi connectivity index (χ1) is 8.40. The van der Waals surface area contributed by atoms with E-state index in [1.54, 1.807) is 19.9 Å². The first kappa shape index (κ1) is 13.0. The number of nitrogens with one attached hydrogen (secondary N) is 1. The van der Waals surface area contributed by atoms with Gasteiger partial charge in [-0.3, -0.25) is 15.0 Å². The third kappa shape index (κ3) is 2.25. The second-order valence-electron chi connectivity index (χ2n) is 4.36. The number of carbonyl (C=O) groups excluding carboxylic acids is 2. The molecule has 1 N–H and O–H groups in total. The predicted molar refractivity (Wildman–Crippen MR) is 68.9 cm³/mol. The fourth-order valence-corrected chi connectivity index (χ4v) is 2.33. The first-order valence-electron chi connectivity index (χ1n) is 5.48.